The van der Waals surface area contributed by atoms with Crippen LogP contribution < -0.4 is 10.2 Å². The van der Waals surface area contributed by atoms with Crippen LogP contribution in [0, 0.1) is 6.92 Å². The van der Waals surface area contributed by atoms with Crippen LogP contribution in [0.3, 0.4) is 0 Å². The highest BCUT2D eigenvalue weighted by Crippen LogP contribution is 2.32. The smallest absolute Gasteiger partial charge is 0.251 e. The molecule has 0 bridgehead atoms. The number of hydrogen-bond donors (Lipinski definition) is 1. The van der Waals surface area contributed by atoms with Gasteiger partial charge in [0.2, 0.25) is 5.91 Å². The van der Waals surface area contributed by atoms with Crippen LogP contribution in [0.5, 0.6) is 0 Å². The van der Waals surface area contributed by atoms with Crippen LogP contribution in [0.2, 0.25) is 5.02 Å². The second-order valence-corrected chi connectivity index (χ2v) is 9.59. The molecular weight excluding hydrogens is 454 g/mol. The zero-order valence-electron chi connectivity index (χ0n) is 18.0. The van der Waals surface area contributed by atoms with Gasteiger partial charge in [0.05, 0.1) is 28.4 Å². The third-order valence-electron chi connectivity index (χ3n) is 5.81. The Balaban J connectivity index is 1.27. The lowest BCUT2D eigenvalue weighted by Crippen LogP contribution is -2.39. The molecule has 1 aliphatic heterocycles. The van der Waals surface area contributed by atoms with Crippen molar-refractivity contribution in [3.05, 3.63) is 82.9 Å². The Labute approximate surface area is 201 Å². The molecule has 1 aromatic heterocycles. The van der Waals surface area contributed by atoms with E-state index in [1.54, 1.807) is 11.3 Å². The first-order chi connectivity index (χ1) is 16.0. The van der Waals surface area contributed by atoms with E-state index >= 15 is 0 Å². The van der Waals surface area contributed by atoms with Gasteiger partial charge in [0.1, 0.15) is 5.01 Å². The van der Waals surface area contributed by atoms with E-state index in [0.717, 1.165) is 26.4 Å². The quantitative estimate of drug-likeness (QED) is 0.380. The first-order valence-electron chi connectivity index (χ1n) is 10.8. The molecule has 1 atom stereocenters. The minimum atomic E-state index is -0.521. The van der Waals surface area contributed by atoms with E-state index in [1.165, 1.54) is 10.5 Å². The molecule has 166 valence electrons. The largest absolute Gasteiger partial charge is 0.305 e. The van der Waals surface area contributed by atoms with Crippen molar-refractivity contribution in [3.8, 4) is 10.6 Å². The lowest BCUT2D eigenvalue weighted by Gasteiger charge is -2.16. The molecule has 4 aromatic rings. The summed E-state index contributed by atoms with van der Waals surface area (Å²) in [5, 5.41) is 4.84. The number of nitrogens with one attached hydrogen (secondary N) is 1. The fraction of sp³-hybridized carbons (Fsp3) is 0.192. The molecule has 0 spiro atoms. The number of halogens is 1. The van der Waals surface area contributed by atoms with Crippen molar-refractivity contribution < 1.29 is 9.59 Å². The summed E-state index contributed by atoms with van der Waals surface area (Å²) < 4.78 is 1.14. The molecule has 3 aromatic carbocycles. The van der Waals surface area contributed by atoms with E-state index in [4.69, 9.17) is 16.6 Å². The number of nitrogens with zero attached hydrogens (tertiary/aromatic N) is 2. The monoisotopic (exact) mass is 475 g/mol. The molecule has 33 heavy (non-hydrogen) atoms. The zero-order chi connectivity index (χ0) is 22.9. The van der Waals surface area contributed by atoms with Crippen molar-refractivity contribution in [1.82, 2.24) is 10.3 Å². The number of rotatable bonds is 6. The van der Waals surface area contributed by atoms with Gasteiger partial charge in [0.25, 0.3) is 5.91 Å². The fourth-order valence-electron chi connectivity index (χ4n) is 4.05. The summed E-state index contributed by atoms with van der Waals surface area (Å²) in [6, 6.07) is 20.8. The summed E-state index contributed by atoms with van der Waals surface area (Å²) >= 11 is 7.84. The van der Waals surface area contributed by atoms with Gasteiger partial charge in [-0.25, -0.2) is 9.88 Å². The minimum Gasteiger partial charge on any atom is -0.305 e. The predicted octanol–water partition coefficient (Wildman–Crippen LogP) is 5.39. The van der Waals surface area contributed by atoms with Crippen molar-refractivity contribution in [2.75, 3.05) is 11.4 Å². The van der Waals surface area contributed by atoms with Gasteiger partial charge in [0, 0.05) is 10.6 Å². The lowest BCUT2D eigenvalue weighted by molar-refractivity contribution is -0.121. The summed E-state index contributed by atoms with van der Waals surface area (Å²) in [5.41, 5.74) is 4.74. The minimum absolute atomic E-state index is 0.153. The Bertz CT molecular complexity index is 1350. The number of imide groups is 1. The summed E-state index contributed by atoms with van der Waals surface area (Å²) in [5.74, 6) is -0.416. The van der Waals surface area contributed by atoms with Crippen molar-refractivity contribution >= 4 is 50.7 Å². The van der Waals surface area contributed by atoms with Gasteiger partial charge >= 0.3 is 0 Å². The van der Waals surface area contributed by atoms with Crippen LogP contribution in [0.4, 0.5) is 5.69 Å². The van der Waals surface area contributed by atoms with Crippen LogP contribution in [-0.4, -0.2) is 29.4 Å². The molecule has 1 fully saturated rings. The molecule has 2 heterocycles. The third kappa shape index (κ3) is 4.42. The van der Waals surface area contributed by atoms with Crippen molar-refractivity contribution in [1.29, 1.82) is 0 Å². The first-order valence-corrected chi connectivity index (χ1v) is 12.0. The lowest BCUT2D eigenvalue weighted by atomic mass is 10.1. The van der Waals surface area contributed by atoms with Gasteiger partial charge in [-0.2, -0.15) is 0 Å². The van der Waals surface area contributed by atoms with Crippen LogP contribution >= 0.6 is 22.9 Å². The number of carbonyl (C=O) groups excluding carboxylic acids is 2. The highest BCUT2D eigenvalue weighted by molar-refractivity contribution is 7.21. The molecule has 2 amide bonds. The Kier molecular flexibility index (Phi) is 5.98. The van der Waals surface area contributed by atoms with Crippen LogP contribution in [0.15, 0.2) is 66.7 Å². The van der Waals surface area contributed by atoms with Crippen LogP contribution in [0.1, 0.15) is 17.5 Å². The Morgan fingerprint density at radius 2 is 1.88 bits per heavy atom. The number of anilines is 1. The van der Waals surface area contributed by atoms with Gasteiger partial charge in [0.15, 0.2) is 0 Å². The molecule has 7 heteroatoms. The van der Waals surface area contributed by atoms with Gasteiger partial charge in [-0.1, -0.05) is 35.9 Å². The normalized spacial score (nSPS) is 16.2. The standard InChI is InChI=1S/C26H22ClN3O2S/c1-16-6-11-21-23(14-16)33-25(29-21)18-7-9-19(10-8-18)30-24(31)15-22(26(30)32)28-13-12-17-4-2-3-5-20(17)27/h2-11,14,22,28H,12-13,15H2,1H3. The van der Waals surface area contributed by atoms with E-state index in [-0.39, 0.29) is 18.2 Å². The fourth-order valence-corrected chi connectivity index (χ4v) is 5.35. The number of benzene rings is 3. The van der Waals surface area contributed by atoms with E-state index in [1.807, 2.05) is 54.6 Å². The molecule has 0 saturated carbocycles. The van der Waals surface area contributed by atoms with Gasteiger partial charge < -0.3 is 5.32 Å². The van der Waals surface area contributed by atoms with Gasteiger partial charge in [-0.15, -0.1) is 11.3 Å². The zero-order valence-corrected chi connectivity index (χ0v) is 19.6. The van der Waals surface area contributed by atoms with Crippen LogP contribution in [-0.2, 0) is 16.0 Å². The number of fused-ring (bicyclic) bond motifs is 1. The van der Waals surface area contributed by atoms with Crippen molar-refractivity contribution in [2.24, 2.45) is 0 Å². The molecule has 1 unspecified atom stereocenters. The van der Waals surface area contributed by atoms with E-state index < -0.39 is 6.04 Å². The third-order valence-corrected chi connectivity index (χ3v) is 7.24. The summed E-state index contributed by atoms with van der Waals surface area (Å²) in [6.45, 7) is 2.63. The predicted molar refractivity (Wildman–Crippen MR) is 134 cm³/mol. The second-order valence-electron chi connectivity index (χ2n) is 8.16. The molecule has 5 rings (SSSR count). The maximum Gasteiger partial charge on any atom is 0.251 e. The maximum absolute atomic E-state index is 12.9. The van der Waals surface area contributed by atoms with E-state index in [0.29, 0.717) is 23.7 Å². The number of carbonyl (C=O) groups is 2. The molecule has 1 N–H and O–H groups in total. The van der Waals surface area contributed by atoms with Crippen molar-refractivity contribution in [2.45, 2.75) is 25.8 Å². The van der Waals surface area contributed by atoms with Gasteiger partial charge in [-0.3, -0.25) is 9.59 Å². The number of hydrogen-bond acceptors (Lipinski definition) is 5. The molecule has 1 saturated heterocycles. The highest BCUT2D eigenvalue weighted by atomic mass is 35.5. The molecule has 0 radical (unpaired) electrons. The second kappa shape index (κ2) is 9.06. The summed E-state index contributed by atoms with van der Waals surface area (Å²) in [4.78, 5) is 31.5. The average molecular weight is 476 g/mol. The molecule has 5 nitrogen and oxygen atoms in total. The Morgan fingerprint density at radius 1 is 1.09 bits per heavy atom. The Morgan fingerprint density at radius 3 is 2.67 bits per heavy atom. The number of aromatic nitrogens is 1. The number of aryl methyl sites for hydroxylation is 1. The van der Waals surface area contributed by atoms with E-state index in [2.05, 4.69) is 24.4 Å². The van der Waals surface area contributed by atoms with E-state index in [9.17, 15) is 9.59 Å². The van der Waals surface area contributed by atoms with Gasteiger partial charge in [-0.05, 0) is 73.5 Å². The van der Waals surface area contributed by atoms with Crippen molar-refractivity contribution in [3.63, 3.8) is 0 Å². The number of amides is 2. The maximum atomic E-state index is 12.9. The first kappa shape index (κ1) is 21.8. The topological polar surface area (TPSA) is 62.3 Å². The SMILES string of the molecule is Cc1ccc2nc(-c3ccc(N4C(=O)CC(NCCc5ccccc5Cl)C4=O)cc3)sc2c1. The number of thiazole rings is 1. The molecular formula is C26H22ClN3O2S. The summed E-state index contributed by atoms with van der Waals surface area (Å²) in [7, 11) is 0. The highest BCUT2D eigenvalue weighted by Gasteiger charge is 2.39. The average Bonchev–Trinajstić information content (AvgIpc) is 3.35. The molecule has 0 aliphatic carbocycles. The van der Waals surface area contributed by atoms with Crippen LogP contribution in [0.25, 0.3) is 20.8 Å². The molecule has 1 aliphatic rings. The summed E-state index contributed by atoms with van der Waals surface area (Å²) in [6.07, 6.45) is 0.842. The Hall–Kier alpha value is -3.06.